The molecule has 2 unspecified atom stereocenters. The lowest BCUT2D eigenvalue weighted by Crippen LogP contribution is -2.31. The fourth-order valence-corrected chi connectivity index (χ4v) is 1.24. The quantitative estimate of drug-likeness (QED) is 0.233. The summed E-state index contributed by atoms with van der Waals surface area (Å²) in [6, 6.07) is 0. The van der Waals surface area contributed by atoms with Crippen molar-refractivity contribution in [2.24, 2.45) is 0 Å². The summed E-state index contributed by atoms with van der Waals surface area (Å²) in [5.41, 5.74) is 0. The second-order valence-corrected chi connectivity index (χ2v) is 4.32. The maximum absolute atomic E-state index is 9.14. The third kappa shape index (κ3) is 11.3. The van der Waals surface area contributed by atoms with Crippen LogP contribution in [-0.2, 0) is 14.2 Å². The van der Waals surface area contributed by atoms with Crippen LogP contribution in [0.1, 0.15) is 6.42 Å². The molecule has 0 saturated carbocycles. The average Bonchev–Trinajstić information content (AvgIpc) is 2.46. The van der Waals surface area contributed by atoms with Gasteiger partial charge in [0.25, 0.3) is 0 Å². The Kier molecular flexibility index (Phi) is 13.1. The number of aliphatic hydroxyl groups excluding tert-OH is 4. The molecule has 2 atom stereocenters. The van der Waals surface area contributed by atoms with Gasteiger partial charge in [0.2, 0.25) is 0 Å². The summed E-state index contributed by atoms with van der Waals surface area (Å²) in [6.07, 6.45) is 0.229. The summed E-state index contributed by atoms with van der Waals surface area (Å²) in [5, 5.41) is 35.6. The van der Waals surface area contributed by atoms with Crippen molar-refractivity contribution >= 4 is 0 Å². The van der Waals surface area contributed by atoms with E-state index >= 15 is 0 Å². The molecule has 0 aromatic carbocycles. The Morgan fingerprint density at radius 1 is 0.900 bits per heavy atom. The van der Waals surface area contributed by atoms with E-state index < -0.39 is 12.2 Å². The topological polar surface area (TPSA) is 109 Å². The lowest BCUT2D eigenvalue weighted by molar-refractivity contribution is -0.0866. The molecule has 0 radical (unpaired) electrons. The molecule has 0 saturated heterocycles. The summed E-state index contributed by atoms with van der Waals surface area (Å²) < 4.78 is 15.9. The highest BCUT2D eigenvalue weighted by Crippen LogP contribution is 1.99. The van der Waals surface area contributed by atoms with Gasteiger partial charge in [0.05, 0.1) is 46.2 Å². The predicted octanol–water partition coefficient (Wildman–Crippen LogP) is -1.31. The Morgan fingerprint density at radius 2 is 1.40 bits per heavy atom. The van der Waals surface area contributed by atoms with Crippen molar-refractivity contribution in [2.45, 2.75) is 24.7 Å². The molecule has 7 heteroatoms. The van der Waals surface area contributed by atoms with Crippen LogP contribution in [0, 0.1) is 0 Å². The summed E-state index contributed by atoms with van der Waals surface area (Å²) in [6.45, 7) is 3.75. The fourth-order valence-electron chi connectivity index (χ4n) is 1.24. The molecule has 0 aromatic heterocycles. The van der Waals surface area contributed by atoms with Crippen LogP contribution in [0.5, 0.6) is 0 Å². The molecule has 0 aliphatic carbocycles. The summed E-state index contributed by atoms with van der Waals surface area (Å²) in [7, 11) is 0. The highest BCUT2D eigenvalue weighted by molar-refractivity contribution is 4.66. The first-order valence-electron chi connectivity index (χ1n) is 6.59. The minimum atomic E-state index is -0.916. The predicted molar refractivity (Wildman–Crippen MR) is 72.4 cm³/mol. The number of aliphatic hydroxyl groups is 4. The first-order chi connectivity index (χ1) is 9.63. The Labute approximate surface area is 119 Å². The summed E-state index contributed by atoms with van der Waals surface area (Å²) >= 11 is 0. The van der Waals surface area contributed by atoms with E-state index in [1.807, 2.05) is 0 Å². The minimum Gasteiger partial charge on any atom is -0.394 e. The molecule has 7 nitrogen and oxygen atoms in total. The number of ether oxygens (including phenoxy) is 3. The first-order valence-corrected chi connectivity index (χ1v) is 6.59. The maximum Gasteiger partial charge on any atom is 0.104 e. The molecule has 0 heterocycles. The Hall–Kier alpha value is -0.540. The lowest BCUT2D eigenvalue weighted by atomic mass is 10.3. The molecule has 20 heavy (non-hydrogen) atoms. The number of hydrogen-bond acceptors (Lipinski definition) is 7. The number of rotatable bonds is 14. The second kappa shape index (κ2) is 13.4. The normalized spacial score (nSPS) is 15.8. The van der Waals surface area contributed by atoms with Crippen LogP contribution < -0.4 is 0 Å². The molecule has 0 spiro atoms. The first kappa shape index (κ1) is 19.5. The van der Waals surface area contributed by atoms with E-state index in [4.69, 9.17) is 34.6 Å². The van der Waals surface area contributed by atoms with Crippen LogP contribution in [-0.4, -0.2) is 85.0 Å². The SMILES string of the molecule is C=CCCOC(COCC(O)CO)COCC(O)CO. The van der Waals surface area contributed by atoms with Crippen LogP contribution in [0.4, 0.5) is 0 Å². The lowest BCUT2D eigenvalue weighted by Gasteiger charge is -2.19. The molecule has 0 aliphatic heterocycles. The smallest absolute Gasteiger partial charge is 0.104 e. The van der Waals surface area contributed by atoms with Crippen molar-refractivity contribution in [3.8, 4) is 0 Å². The van der Waals surface area contributed by atoms with Crippen molar-refractivity contribution in [3.05, 3.63) is 12.7 Å². The average molecular weight is 294 g/mol. The Balaban J connectivity index is 3.89. The maximum atomic E-state index is 9.14. The fraction of sp³-hybridized carbons (Fsp3) is 0.846. The van der Waals surface area contributed by atoms with Gasteiger partial charge in [-0.15, -0.1) is 6.58 Å². The van der Waals surface area contributed by atoms with E-state index in [1.54, 1.807) is 6.08 Å². The van der Waals surface area contributed by atoms with Gasteiger partial charge in [-0.1, -0.05) is 6.08 Å². The molecule has 0 rings (SSSR count). The van der Waals surface area contributed by atoms with Gasteiger partial charge in [-0.3, -0.25) is 0 Å². The highest BCUT2D eigenvalue weighted by Gasteiger charge is 2.12. The minimum absolute atomic E-state index is 0.0110. The molecular weight excluding hydrogens is 268 g/mol. The standard InChI is InChI=1S/C13H26O7/c1-2-3-4-20-13(9-18-7-11(16)5-14)10-19-8-12(17)6-15/h2,11-17H,1,3-10H2. The van der Waals surface area contributed by atoms with Crippen molar-refractivity contribution in [3.63, 3.8) is 0 Å². The van der Waals surface area contributed by atoms with Gasteiger partial charge in [-0.2, -0.15) is 0 Å². The van der Waals surface area contributed by atoms with Gasteiger partial charge in [0, 0.05) is 0 Å². The summed E-state index contributed by atoms with van der Waals surface area (Å²) in [4.78, 5) is 0. The van der Waals surface area contributed by atoms with E-state index in [2.05, 4.69) is 6.58 Å². The molecule has 120 valence electrons. The zero-order valence-electron chi connectivity index (χ0n) is 11.7. The molecule has 4 N–H and O–H groups in total. The molecular formula is C13H26O7. The van der Waals surface area contributed by atoms with Crippen LogP contribution >= 0.6 is 0 Å². The van der Waals surface area contributed by atoms with E-state index in [9.17, 15) is 0 Å². The monoisotopic (exact) mass is 294 g/mol. The number of hydrogen-bond donors (Lipinski definition) is 4. The third-order valence-corrected chi connectivity index (χ3v) is 2.32. The zero-order chi connectivity index (χ0) is 15.2. The second-order valence-electron chi connectivity index (χ2n) is 4.32. The van der Waals surface area contributed by atoms with Crippen LogP contribution in [0.15, 0.2) is 12.7 Å². The van der Waals surface area contributed by atoms with Gasteiger partial charge in [0.1, 0.15) is 18.3 Å². The van der Waals surface area contributed by atoms with Crippen LogP contribution in [0.3, 0.4) is 0 Å². The largest absolute Gasteiger partial charge is 0.394 e. The van der Waals surface area contributed by atoms with Crippen molar-refractivity contribution < 1.29 is 34.6 Å². The third-order valence-electron chi connectivity index (χ3n) is 2.32. The summed E-state index contributed by atoms with van der Waals surface area (Å²) in [5.74, 6) is 0. The molecule has 0 aliphatic rings. The van der Waals surface area contributed by atoms with Gasteiger partial charge in [-0.25, -0.2) is 0 Å². The van der Waals surface area contributed by atoms with Gasteiger partial charge in [0.15, 0.2) is 0 Å². The zero-order valence-corrected chi connectivity index (χ0v) is 11.7. The highest BCUT2D eigenvalue weighted by atomic mass is 16.6. The van der Waals surface area contributed by atoms with E-state index in [-0.39, 0.29) is 45.7 Å². The van der Waals surface area contributed by atoms with E-state index in [0.717, 1.165) is 0 Å². The molecule has 0 amide bonds. The molecule has 0 fully saturated rings. The van der Waals surface area contributed by atoms with E-state index in [1.165, 1.54) is 0 Å². The van der Waals surface area contributed by atoms with Crippen LogP contribution in [0.2, 0.25) is 0 Å². The van der Waals surface area contributed by atoms with Crippen molar-refractivity contribution in [1.82, 2.24) is 0 Å². The van der Waals surface area contributed by atoms with Gasteiger partial charge < -0.3 is 34.6 Å². The molecule has 0 bridgehead atoms. The van der Waals surface area contributed by atoms with E-state index in [0.29, 0.717) is 13.0 Å². The van der Waals surface area contributed by atoms with Crippen molar-refractivity contribution in [2.75, 3.05) is 46.2 Å². The van der Waals surface area contributed by atoms with Gasteiger partial charge >= 0.3 is 0 Å². The Morgan fingerprint density at radius 3 is 1.80 bits per heavy atom. The van der Waals surface area contributed by atoms with Crippen molar-refractivity contribution in [1.29, 1.82) is 0 Å². The van der Waals surface area contributed by atoms with Crippen LogP contribution in [0.25, 0.3) is 0 Å². The van der Waals surface area contributed by atoms with Gasteiger partial charge in [-0.05, 0) is 6.42 Å². The Bertz CT molecular complexity index is 209. The molecule has 0 aromatic rings.